The summed E-state index contributed by atoms with van der Waals surface area (Å²) in [6.45, 7) is 3.78. The first-order valence-electron chi connectivity index (χ1n) is 8.10. The number of rotatable bonds is 4. The van der Waals surface area contributed by atoms with Crippen molar-refractivity contribution in [2.75, 3.05) is 0 Å². The van der Waals surface area contributed by atoms with Gasteiger partial charge >= 0.3 is 5.69 Å². The van der Waals surface area contributed by atoms with E-state index in [-0.39, 0.29) is 17.0 Å². The van der Waals surface area contributed by atoms with Crippen LogP contribution >= 0.6 is 0 Å². The van der Waals surface area contributed by atoms with Gasteiger partial charge in [-0.15, -0.1) is 4.91 Å². The number of hydrogen-bond donors (Lipinski definition) is 0. The zero-order valence-corrected chi connectivity index (χ0v) is 14.4. The Balaban J connectivity index is 2.25. The second-order valence-corrected chi connectivity index (χ2v) is 6.07. The van der Waals surface area contributed by atoms with Crippen LogP contribution in [0.2, 0.25) is 0 Å². The number of carbonyl (C=O) groups excluding carboxylic acids is 1. The van der Waals surface area contributed by atoms with Gasteiger partial charge in [-0.2, -0.15) is 5.10 Å². The fourth-order valence-electron chi connectivity index (χ4n) is 2.96. The number of aromatic nitrogens is 3. The van der Waals surface area contributed by atoms with Gasteiger partial charge in [0, 0.05) is 7.05 Å². The molecular weight excluding hydrogens is 355 g/mol. The predicted octanol–water partition coefficient (Wildman–Crippen LogP) is 2.01. The number of Topliss-reactive ketones (excluding diaryl/α,β-unsaturated/α-hetero) is 1. The van der Waals surface area contributed by atoms with Crippen LogP contribution in [0.5, 0.6) is 0 Å². The summed E-state index contributed by atoms with van der Waals surface area (Å²) < 4.78 is 14.7. The van der Waals surface area contributed by atoms with Crippen LogP contribution in [0, 0.1) is 10.7 Å². The van der Waals surface area contributed by atoms with Gasteiger partial charge in [0.2, 0.25) is 5.78 Å². The molecule has 0 saturated heterocycles. The number of nitrogens with zero attached hydrogens (tertiary/aromatic N) is 4. The second kappa shape index (κ2) is 7.02. The maximum atomic E-state index is 13.2. The Kier molecular flexibility index (Phi) is 4.76. The minimum Gasteiger partial charge on any atom is -0.286 e. The third kappa shape index (κ3) is 3.19. The van der Waals surface area contributed by atoms with Gasteiger partial charge in [0.05, 0.1) is 17.0 Å². The number of ketones is 1. The van der Waals surface area contributed by atoms with Crippen LogP contribution in [-0.4, -0.2) is 20.1 Å². The molecule has 3 rings (SSSR count). The standard InChI is InChI=1S/C18H15FN4O4/c1-10-4-3-5-13(21-27)14(10)16(24)15-17(25)23(18(26)22(2)20-15)12-8-6-11(19)7-9-12/h6-9H,1,3-5H2,2H3. The Morgan fingerprint density at radius 2 is 1.89 bits per heavy atom. The topological polar surface area (TPSA) is 103 Å². The summed E-state index contributed by atoms with van der Waals surface area (Å²) in [5, 5.41) is 6.67. The lowest BCUT2D eigenvalue weighted by molar-refractivity contribution is 0.102. The molecule has 1 heterocycles. The van der Waals surface area contributed by atoms with Gasteiger partial charge in [0.15, 0.2) is 5.69 Å². The molecule has 0 saturated carbocycles. The molecule has 0 aliphatic heterocycles. The summed E-state index contributed by atoms with van der Waals surface area (Å²) in [6, 6.07) is 4.65. The molecule has 2 aromatic rings. The number of carbonyl (C=O) groups is 1. The van der Waals surface area contributed by atoms with Gasteiger partial charge < -0.3 is 0 Å². The minimum absolute atomic E-state index is 0.0136. The van der Waals surface area contributed by atoms with Gasteiger partial charge in [-0.3, -0.25) is 9.59 Å². The van der Waals surface area contributed by atoms with Crippen molar-refractivity contribution < 1.29 is 9.18 Å². The van der Waals surface area contributed by atoms with Crippen molar-refractivity contribution in [3.8, 4) is 5.69 Å². The first kappa shape index (κ1) is 18.3. The van der Waals surface area contributed by atoms with Gasteiger partial charge in [0.25, 0.3) is 5.56 Å². The fourth-order valence-corrected chi connectivity index (χ4v) is 2.96. The lowest BCUT2D eigenvalue weighted by atomic mass is 9.88. The summed E-state index contributed by atoms with van der Waals surface area (Å²) in [6.07, 6.45) is 1.40. The monoisotopic (exact) mass is 370 g/mol. The molecule has 0 atom stereocenters. The fraction of sp³-hybridized carbons (Fsp3) is 0.222. The molecule has 0 radical (unpaired) electrons. The van der Waals surface area contributed by atoms with E-state index in [9.17, 15) is 23.7 Å². The third-order valence-electron chi connectivity index (χ3n) is 4.30. The van der Waals surface area contributed by atoms with Crippen molar-refractivity contribution >= 4 is 5.78 Å². The van der Waals surface area contributed by atoms with Crippen molar-refractivity contribution in [2.24, 2.45) is 12.2 Å². The molecule has 0 bridgehead atoms. The number of nitroso groups, excluding NO2 is 1. The minimum atomic E-state index is -0.967. The van der Waals surface area contributed by atoms with E-state index < -0.39 is 28.5 Å². The molecule has 0 unspecified atom stereocenters. The smallest absolute Gasteiger partial charge is 0.286 e. The Bertz CT molecular complexity index is 1110. The summed E-state index contributed by atoms with van der Waals surface area (Å²) in [5.41, 5.74) is -1.85. The molecule has 0 fully saturated rings. The van der Waals surface area contributed by atoms with Gasteiger partial charge in [-0.05, 0) is 54.3 Å². The lowest BCUT2D eigenvalue weighted by Crippen LogP contribution is -2.43. The molecule has 138 valence electrons. The maximum absolute atomic E-state index is 13.2. The van der Waals surface area contributed by atoms with Gasteiger partial charge in [0.1, 0.15) is 5.82 Å². The summed E-state index contributed by atoms with van der Waals surface area (Å²) in [4.78, 5) is 49.2. The highest BCUT2D eigenvalue weighted by Gasteiger charge is 2.29. The highest BCUT2D eigenvalue weighted by molar-refractivity contribution is 6.10. The van der Waals surface area contributed by atoms with Crippen LogP contribution in [0.4, 0.5) is 4.39 Å². The van der Waals surface area contributed by atoms with Crippen LogP contribution in [0.1, 0.15) is 29.8 Å². The maximum Gasteiger partial charge on any atom is 0.351 e. The average molecular weight is 370 g/mol. The summed E-state index contributed by atoms with van der Waals surface area (Å²) >= 11 is 0. The first-order valence-corrected chi connectivity index (χ1v) is 8.10. The molecular formula is C18H15FN4O4. The van der Waals surface area contributed by atoms with E-state index in [4.69, 9.17) is 0 Å². The molecule has 9 heteroatoms. The van der Waals surface area contributed by atoms with E-state index in [1.807, 2.05) is 0 Å². The number of benzene rings is 1. The third-order valence-corrected chi connectivity index (χ3v) is 4.30. The van der Waals surface area contributed by atoms with Crippen LogP contribution in [-0.2, 0) is 7.05 Å². The number of aryl methyl sites for hydroxylation is 1. The molecule has 1 aromatic carbocycles. The van der Waals surface area contributed by atoms with Crippen molar-refractivity contribution in [2.45, 2.75) is 19.3 Å². The Hall–Kier alpha value is -3.49. The van der Waals surface area contributed by atoms with Gasteiger partial charge in [-0.25, -0.2) is 18.4 Å². The zero-order valence-electron chi connectivity index (χ0n) is 14.4. The number of hydrogen-bond acceptors (Lipinski definition) is 6. The Morgan fingerprint density at radius 1 is 1.22 bits per heavy atom. The molecule has 1 aliphatic rings. The molecule has 0 N–H and O–H groups in total. The summed E-state index contributed by atoms with van der Waals surface area (Å²) in [7, 11) is 1.28. The highest BCUT2D eigenvalue weighted by Crippen LogP contribution is 2.30. The predicted molar refractivity (Wildman–Crippen MR) is 95.2 cm³/mol. The van der Waals surface area contributed by atoms with Crippen LogP contribution in [0.3, 0.4) is 0 Å². The van der Waals surface area contributed by atoms with E-state index in [1.165, 1.54) is 19.2 Å². The van der Waals surface area contributed by atoms with Gasteiger partial charge in [-0.1, -0.05) is 6.58 Å². The van der Waals surface area contributed by atoms with Crippen molar-refractivity contribution in [1.29, 1.82) is 0 Å². The highest BCUT2D eigenvalue weighted by atomic mass is 19.1. The van der Waals surface area contributed by atoms with E-state index >= 15 is 0 Å². The molecule has 0 spiro atoms. The van der Waals surface area contributed by atoms with E-state index in [1.54, 1.807) is 0 Å². The first-order chi connectivity index (χ1) is 12.8. The van der Waals surface area contributed by atoms with E-state index in [2.05, 4.69) is 16.9 Å². The molecule has 27 heavy (non-hydrogen) atoms. The molecule has 0 amide bonds. The zero-order chi connectivity index (χ0) is 19.7. The van der Waals surface area contributed by atoms with Crippen molar-refractivity contribution in [3.63, 3.8) is 0 Å². The van der Waals surface area contributed by atoms with Crippen LogP contribution < -0.4 is 11.2 Å². The second-order valence-electron chi connectivity index (χ2n) is 6.07. The average Bonchev–Trinajstić information content (AvgIpc) is 2.65. The molecule has 1 aliphatic carbocycles. The van der Waals surface area contributed by atoms with E-state index in [0.29, 0.717) is 24.8 Å². The Labute approximate surface area is 152 Å². The van der Waals surface area contributed by atoms with E-state index in [0.717, 1.165) is 21.4 Å². The Morgan fingerprint density at radius 3 is 2.52 bits per heavy atom. The molecule has 1 aromatic heterocycles. The number of halogens is 1. The number of allylic oxidation sites excluding steroid dienone is 3. The molecule has 8 nitrogen and oxygen atoms in total. The van der Waals surface area contributed by atoms with Crippen LogP contribution in [0.25, 0.3) is 5.69 Å². The van der Waals surface area contributed by atoms with Crippen molar-refractivity contribution in [1.82, 2.24) is 14.3 Å². The largest absolute Gasteiger partial charge is 0.351 e. The summed E-state index contributed by atoms with van der Waals surface area (Å²) in [5.74, 6) is -1.36. The van der Waals surface area contributed by atoms with Crippen LogP contribution in [0.15, 0.2) is 62.5 Å². The SMILES string of the molecule is C=C1CCCC(N=O)=C1C(=O)c1nn(C)c(=O)n(-c2ccc(F)cc2)c1=O. The lowest BCUT2D eigenvalue weighted by Gasteiger charge is -2.17. The quantitative estimate of drug-likeness (QED) is 0.605. The van der Waals surface area contributed by atoms with Crippen molar-refractivity contribution in [3.05, 3.63) is 84.9 Å². The normalized spacial score (nSPS) is 14.4.